The maximum absolute atomic E-state index is 14.0. The number of halogens is 1. The minimum absolute atomic E-state index is 0.171. The normalized spacial score (nSPS) is 29.5. The molecule has 0 radical (unpaired) electrons. The number of piperidine rings is 1. The molecule has 2 atom stereocenters. The third-order valence-electron chi connectivity index (χ3n) is 5.48. The molecule has 2 aromatic carbocycles. The van der Waals surface area contributed by atoms with Crippen LogP contribution in [0.4, 0.5) is 4.39 Å². The van der Waals surface area contributed by atoms with Crippen LogP contribution in [0.5, 0.6) is 0 Å². The molecule has 3 nitrogen and oxygen atoms in total. The van der Waals surface area contributed by atoms with E-state index in [9.17, 15) is 9.50 Å². The summed E-state index contributed by atoms with van der Waals surface area (Å²) in [5, 5.41) is 11.2. The summed E-state index contributed by atoms with van der Waals surface area (Å²) in [7, 11) is 0. The molecule has 0 aromatic heterocycles. The average Bonchev–Trinajstić information content (AvgIpc) is 2.59. The quantitative estimate of drug-likeness (QED) is 0.927. The standard InChI is InChI=1S/C21H24FNO2/c22-20-9-5-4-8-17(20)10-21(24)11-18-14-25-15-19(12-21)23(18)13-16-6-2-1-3-7-16/h1-9,18-19,24H,10-15H2. The Hall–Kier alpha value is -1.75. The summed E-state index contributed by atoms with van der Waals surface area (Å²) in [6.45, 7) is 2.13. The predicted octanol–water partition coefficient (Wildman–Crippen LogP) is 3.16. The van der Waals surface area contributed by atoms with Gasteiger partial charge in [0.05, 0.1) is 18.8 Å². The van der Waals surface area contributed by atoms with Crippen molar-refractivity contribution < 1.29 is 14.2 Å². The lowest BCUT2D eigenvalue weighted by Crippen LogP contribution is -2.61. The Morgan fingerprint density at radius 2 is 1.64 bits per heavy atom. The van der Waals surface area contributed by atoms with Crippen LogP contribution in [-0.2, 0) is 17.7 Å². The Kier molecular flexibility index (Phi) is 4.59. The molecular weight excluding hydrogens is 317 g/mol. The highest BCUT2D eigenvalue weighted by Gasteiger charge is 2.46. The third-order valence-corrected chi connectivity index (χ3v) is 5.48. The highest BCUT2D eigenvalue weighted by atomic mass is 19.1. The second-order valence-corrected chi connectivity index (χ2v) is 7.40. The molecule has 2 saturated heterocycles. The van der Waals surface area contributed by atoms with Gasteiger partial charge < -0.3 is 9.84 Å². The van der Waals surface area contributed by atoms with Gasteiger partial charge in [0.15, 0.2) is 0 Å². The fourth-order valence-corrected chi connectivity index (χ4v) is 4.34. The summed E-state index contributed by atoms with van der Waals surface area (Å²) in [6.07, 6.45) is 1.60. The van der Waals surface area contributed by atoms with Crippen LogP contribution in [0.1, 0.15) is 24.0 Å². The third kappa shape index (κ3) is 3.61. The Morgan fingerprint density at radius 3 is 2.32 bits per heavy atom. The summed E-state index contributed by atoms with van der Waals surface area (Å²) in [4.78, 5) is 2.45. The molecule has 4 heteroatoms. The van der Waals surface area contributed by atoms with E-state index in [4.69, 9.17) is 4.74 Å². The van der Waals surface area contributed by atoms with E-state index in [1.807, 2.05) is 12.1 Å². The smallest absolute Gasteiger partial charge is 0.126 e. The molecule has 1 N–H and O–H groups in total. The van der Waals surface area contributed by atoms with Gasteiger partial charge in [-0.05, 0) is 30.0 Å². The van der Waals surface area contributed by atoms with Gasteiger partial charge in [-0.3, -0.25) is 4.90 Å². The molecule has 2 aliphatic heterocycles. The Morgan fingerprint density at radius 1 is 1.00 bits per heavy atom. The molecule has 2 aromatic rings. The number of nitrogens with zero attached hydrogens (tertiary/aromatic N) is 1. The SMILES string of the molecule is OC1(Cc2ccccc2F)CC2COCC(C1)N2Cc1ccccc1. The monoisotopic (exact) mass is 341 g/mol. The number of hydrogen-bond donors (Lipinski definition) is 1. The van der Waals surface area contributed by atoms with Crippen LogP contribution >= 0.6 is 0 Å². The molecule has 25 heavy (non-hydrogen) atoms. The number of ether oxygens (including phenoxy) is 1. The number of morpholine rings is 1. The predicted molar refractivity (Wildman–Crippen MR) is 94.7 cm³/mol. The molecule has 0 aliphatic carbocycles. The van der Waals surface area contributed by atoms with Crippen LogP contribution in [0.3, 0.4) is 0 Å². The van der Waals surface area contributed by atoms with Crippen LogP contribution in [0.25, 0.3) is 0 Å². The van der Waals surface area contributed by atoms with Gasteiger partial charge in [0, 0.05) is 25.0 Å². The Labute approximate surface area is 148 Å². The van der Waals surface area contributed by atoms with Crippen molar-refractivity contribution in [1.82, 2.24) is 4.90 Å². The van der Waals surface area contributed by atoms with Crippen molar-refractivity contribution in [2.45, 2.75) is 43.5 Å². The van der Waals surface area contributed by atoms with Crippen LogP contribution in [0.2, 0.25) is 0 Å². The molecule has 132 valence electrons. The fraction of sp³-hybridized carbons (Fsp3) is 0.429. The summed E-state index contributed by atoms with van der Waals surface area (Å²) < 4.78 is 19.8. The first-order valence-corrected chi connectivity index (χ1v) is 8.96. The summed E-state index contributed by atoms with van der Waals surface area (Å²) >= 11 is 0. The van der Waals surface area contributed by atoms with Crippen LogP contribution in [0.15, 0.2) is 54.6 Å². The Balaban J connectivity index is 1.51. The maximum Gasteiger partial charge on any atom is 0.126 e. The number of aliphatic hydroxyl groups is 1. The average molecular weight is 341 g/mol. The lowest BCUT2D eigenvalue weighted by molar-refractivity contribution is -0.145. The first-order valence-electron chi connectivity index (χ1n) is 8.96. The molecule has 0 saturated carbocycles. The van der Waals surface area contributed by atoms with Gasteiger partial charge in [-0.25, -0.2) is 4.39 Å². The first kappa shape index (κ1) is 16.7. The van der Waals surface area contributed by atoms with E-state index < -0.39 is 5.60 Å². The molecule has 0 amide bonds. The summed E-state index contributed by atoms with van der Waals surface area (Å²) in [5.41, 5.74) is 1.01. The molecule has 2 heterocycles. The number of hydrogen-bond acceptors (Lipinski definition) is 3. The van der Waals surface area contributed by atoms with Crippen molar-refractivity contribution in [3.63, 3.8) is 0 Å². The minimum atomic E-state index is -0.867. The molecule has 2 unspecified atom stereocenters. The number of benzene rings is 2. The minimum Gasteiger partial charge on any atom is -0.389 e. The molecular formula is C21H24FNO2. The summed E-state index contributed by atoms with van der Waals surface area (Å²) in [6, 6.07) is 17.5. The highest BCUT2D eigenvalue weighted by molar-refractivity contribution is 5.21. The van der Waals surface area contributed by atoms with Crippen molar-refractivity contribution in [3.05, 3.63) is 71.5 Å². The molecule has 2 aliphatic rings. The lowest BCUT2D eigenvalue weighted by atomic mass is 9.77. The summed E-state index contributed by atoms with van der Waals surface area (Å²) in [5.74, 6) is -0.232. The zero-order valence-corrected chi connectivity index (χ0v) is 14.3. The fourth-order valence-electron chi connectivity index (χ4n) is 4.34. The van der Waals surface area contributed by atoms with E-state index in [2.05, 4.69) is 29.2 Å². The van der Waals surface area contributed by atoms with Crippen molar-refractivity contribution in [3.8, 4) is 0 Å². The van der Waals surface area contributed by atoms with Gasteiger partial charge in [-0.2, -0.15) is 0 Å². The Bertz CT molecular complexity index is 707. The molecule has 2 fully saturated rings. The highest BCUT2D eigenvalue weighted by Crippen LogP contribution is 2.37. The van der Waals surface area contributed by atoms with Crippen LogP contribution in [-0.4, -0.2) is 40.9 Å². The largest absolute Gasteiger partial charge is 0.389 e. The molecule has 2 bridgehead atoms. The second kappa shape index (κ2) is 6.87. The van der Waals surface area contributed by atoms with Crippen molar-refractivity contribution in [2.24, 2.45) is 0 Å². The zero-order valence-electron chi connectivity index (χ0n) is 14.3. The number of rotatable bonds is 4. The van der Waals surface area contributed by atoms with E-state index in [1.165, 1.54) is 11.6 Å². The van der Waals surface area contributed by atoms with Gasteiger partial charge in [0.1, 0.15) is 5.82 Å². The van der Waals surface area contributed by atoms with Crippen LogP contribution < -0.4 is 0 Å². The maximum atomic E-state index is 14.0. The van der Waals surface area contributed by atoms with Crippen LogP contribution in [0, 0.1) is 5.82 Å². The van der Waals surface area contributed by atoms with Crippen molar-refractivity contribution in [2.75, 3.05) is 13.2 Å². The zero-order chi connectivity index (χ0) is 17.3. The molecule has 0 spiro atoms. The van der Waals surface area contributed by atoms with E-state index in [-0.39, 0.29) is 17.9 Å². The topological polar surface area (TPSA) is 32.7 Å². The first-order chi connectivity index (χ1) is 12.1. The van der Waals surface area contributed by atoms with E-state index in [0.29, 0.717) is 38.0 Å². The second-order valence-electron chi connectivity index (χ2n) is 7.40. The van der Waals surface area contributed by atoms with E-state index >= 15 is 0 Å². The van der Waals surface area contributed by atoms with Gasteiger partial charge in [0.2, 0.25) is 0 Å². The molecule has 4 rings (SSSR count). The van der Waals surface area contributed by atoms with Crippen molar-refractivity contribution in [1.29, 1.82) is 0 Å². The van der Waals surface area contributed by atoms with E-state index in [0.717, 1.165) is 6.54 Å². The van der Waals surface area contributed by atoms with Gasteiger partial charge in [-0.1, -0.05) is 48.5 Å². The van der Waals surface area contributed by atoms with Gasteiger partial charge in [-0.15, -0.1) is 0 Å². The van der Waals surface area contributed by atoms with Crippen molar-refractivity contribution >= 4 is 0 Å². The number of fused-ring (bicyclic) bond motifs is 2. The van der Waals surface area contributed by atoms with Gasteiger partial charge in [0.25, 0.3) is 0 Å². The van der Waals surface area contributed by atoms with Gasteiger partial charge >= 0.3 is 0 Å². The van der Waals surface area contributed by atoms with E-state index in [1.54, 1.807) is 12.1 Å². The lowest BCUT2D eigenvalue weighted by Gasteiger charge is -2.51.